The Hall–Kier alpha value is -1.66. The zero-order chi connectivity index (χ0) is 13.5. The lowest BCUT2D eigenvalue weighted by Gasteiger charge is -2.21. The highest BCUT2D eigenvalue weighted by molar-refractivity contribution is 5.89. The fourth-order valence-electron chi connectivity index (χ4n) is 1.42. The first-order valence-electron chi connectivity index (χ1n) is 5.48. The summed E-state index contributed by atoms with van der Waals surface area (Å²) >= 11 is 0. The molecule has 100 valence electrons. The monoisotopic (exact) mass is 256 g/mol. The number of methoxy groups -OCH3 is 1. The van der Waals surface area contributed by atoms with Crippen LogP contribution in [0, 0.1) is 5.82 Å². The Morgan fingerprint density at radius 2 is 2.22 bits per heavy atom. The number of halogens is 1. The standard InChI is InChI=1S/C12H17FN2O3/c1-15(7-9(16)8-18-2)12(17)14-11-6-4-3-5-10(11)13/h3-6,9,16H,7-8H2,1-2H3,(H,14,17)/t9-/m0/s1. The molecule has 0 unspecified atom stereocenters. The fraction of sp³-hybridized carbons (Fsp3) is 0.417. The van der Waals surface area contributed by atoms with Crippen molar-refractivity contribution in [2.24, 2.45) is 0 Å². The molecule has 0 aliphatic rings. The Kier molecular flexibility index (Phi) is 5.54. The van der Waals surface area contributed by atoms with E-state index in [0.29, 0.717) is 0 Å². The second-order valence-corrected chi connectivity index (χ2v) is 3.90. The second kappa shape index (κ2) is 6.93. The first-order valence-corrected chi connectivity index (χ1v) is 5.48. The summed E-state index contributed by atoms with van der Waals surface area (Å²) in [5.74, 6) is -0.503. The fourth-order valence-corrected chi connectivity index (χ4v) is 1.42. The van der Waals surface area contributed by atoms with Gasteiger partial charge in [0.15, 0.2) is 0 Å². The van der Waals surface area contributed by atoms with E-state index in [9.17, 15) is 14.3 Å². The van der Waals surface area contributed by atoms with Gasteiger partial charge in [0, 0.05) is 14.2 Å². The third-order valence-corrected chi connectivity index (χ3v) is 2.31. The number of likely N-dealkylation sites (N-methyl/N-ethyl adjacent to an activating group) is 1. The predicted octanol–water partition coefficient (Wildman–Crippen LogP) is 1.30. The van der Waals surface area contributed by atoms with Crippen molar-refractivity contribution < 1.29 is 19.0 Å². The Labute approximate surface area is 105 Å². The van der Waals surface area contributed by atoms with Crippen molar-refractivity contribution in [2.45, 2.75) is 6.10 Å². The topological polar surface area (TPSA) is 61.8 Å². The molecule has 0 spiro atoms. The quantitative estimate of drug-likeness (QED) is 0.834. The predicted molar refractivity (Wildman–Crippen MR) is 65.9 cm³/mol. The van der Waals surface area contributed by atoms with Crippen molar-refractivity contribution in [3.63, 3.8) is 0 Å². The molecular weight excluding hydrogens is 239 g/mol. The van der Waals surface area contributed by atoms with Crippen molar-refractivity contribution in [1.82, 2.24) is 4.90 Å². The van der Waals surface area contributed by atoms with E-state index in [0.717, 1.165) is 0 Å². The molecule has 0 radical (unpaired) electrons. The number of carbonyl (C=O) groups excluding carboxylic acids is 1. The minimum absolute atomic E-state index is 0.105. The number of benzene rings is 1. The second-order valence-electron chi connectivity index (χ2n) is 3.90. The van der Waals surface area contributed by atoms with Crippen LogP contribution in [0.2, 0.25) is 0 Å². The van der Waals surface area contributed by atoms with Crippen LogP contribution in [-0.4, -0.2) is 49.5 Å². The number of ether oxygens (including phenoxy) is 1. The van der Waals surface area contributed by atoms with Crippen molar-refractivity contribution >= 4 is 11.7 Å². The number of anilines is 1. The molecule has 0 aliphatic heterocycles. The van der Waals surface area contributed by atoms with Crippen LogP contribution in [0.1, 0.15) is 0 Å². The van der Waals surface area contributed by atoms with Gasteiger partial charge >= 0.3 is 6.03 Å². The summed E-state index contributed by atoms with van der Waals surface area (Å²) in [5, 5.41) is 11.9. The van der Waals surface area contributed by atoms with Crippen LogP contribution >= 0.6 is 0 Å². The number of nitrogens with one attached hydrogen (secondary N) is 1. The van der Waals surface area contributed by atoms with Crippen molar-refractivity contribution in [2.75, 3.05) is 32.6 Å². The minimum atomic E-state index is -0.772. The van der Waals surface area contributed by atoms with Crippen molar-refractivity contribution in [3.05, 3.63) is 30.1 Å². The third kappa shape index (κ3) is 4.31. The molecule has 0 saturated carbocycles. The maximum atomic E-state index is 13.3. The molecule has 0 saturated heterocycles. The van der Waals surface area contributed by atoms with Crippen molar-refractivity contribution in [3.8, 4) is 0 Å². The molecule has 6 heteroatoms. The lowest BCUT2D eigenvalue weighted by molar-refractivity contribution is 0.0501. The molecule has 2 amide bonds. The number of aliphatic hydroxyl groups is 1. The van der Waals surface area contributed by atoms with E-state index in [2.05, 4.69) is 5.32 Å². The van der Waals surface area contributed by atoms with Gasteiger partial charge in [0.05, 0.1) is 24.9 Å². The van der Waals surface area contributed by atoms with E-state index in [1.165, 1.54) is 37.3 Å². The Morgan fingerprint density at radius 1 is 1.56 bits per heavy atom. The largest absolute Gasteiger partial charge is 0.389 e. The van der Waals surface area contributed by atoms with Crippen LogP contribution < -0.4 is 5.32 Å². The zero-order valence-electron chi connectivity index (χ0n) is 10.4. The summed E-state index contributed by atoms with van der Waals surface area (Å²) in [6.45, 7) is 0.242. The number of hydrogen-bond donors (Lipinski definition) is 2. The smallest absolute Gasteiger partial charge is 0.321 e. The van der Waals surface area contributed by atoms with Crippen LogP contribution in [0.15, 0.2) is 24.3 Å². The lowest BCUT2D eigenvalue weighted by Crippen LogP contribution is -2.38. The summed E-state index contributed by atoms with van der Waals surface area (Å²) in [7, 11) is 2.97. The average Bonchev–Trinajstić information content (AvgIpc) is 2.32. The van der Waals surface area contributed by atoms with E-state index < -0.39 is 18.0 Å². The lowest BCUT2D eigenvalue weighted by atomic mass is 10.3. The van der Waals surface area contributed by atoms with Gasteiger partial charge in [-0.3, -0.25) is 0 Å². The molecule has 2 N–H and O–H groups in total. The van der Waals surface area contributed by atoms with Crippen molar-refractivity contribution in [1.29, 1.82) is 0 Å². The zero-order valence-corrected chi connectivity index (χ0v) is 10.4. The highest BCUT2D eigenvalue weighted by atomic mass is 19.1. The van der Waals surface area contributed by atoms with Gasteiger partial charge in [-0.2, -0.15) is 0 Å². The molecule has 0 heterocycles. The Morgan fingerprint density at radius 3 is 2.83 bits per heavy atom. The highest BCUT2D eigenvalue weighted by Crippen LogP contribution is 2.12. The number of urea groups is 1. The number of aliphatic hydroxyl groups excluding tert-OH is 1. The normalized spacial score (nSPS) is 12.0. The number of hydrogen-bond acceptors (Lipinski definition) is 3. The van der Waals surface area contributed by atoms with Gasteiger partial charge in [-0.05, 0) is 12.1 Å². The summed E-state index contributed by atoms with van der Waals surface area (Å²) in [6, 6.07) is 5.40. The summed E-state index contributed by atoms with van der Waals surface area (Å²) < 4.78 is 18.0. The van der Waals surface area contributed by atoms with E-state index in [-0.39, 0.29) is 18.8 Å². The molecule has 1 aromatic carbocycles. The van der Waals surface area contributed by atoms with Crippen LogP contribution in [0.3, 0.4) is 0 Å². The van der Waals surface area contributed by atoms with Crippen LogP contribution in [0.4, 0.5) is 14.9 Å². The number of nitrogens with zero attached hydrogens (tertiary/aromatic N) is 1. The summed E-state index contributed by atoms with van der Waals surface area (Å²) in [6.07, 6.45) is -0.772. The Bertz CT molecular complexity index is 401. The number of amides is 2. The van der Waals surface area contributed by atoms with Gasteiger partial charge < -0.3 is 20.1 Å². The van der Waals surface area contributed by atoms with Gasteiger partial charge in [0.1, 0.15) is 5.82 Å². The molecular formula is C12H17FN2O3. The first-order chi connectivity index (χ1) is 8.54. The van der Waals surface area contributed by atoms with E-state index in [1.54, 1.807) is 6.07 Å². The van der Waals surface area contributed by atoms with Gasteiger partial charge in [-0.15, -0.1) is 0 Å². The summed E-state index contributed by atoms with van der Waals surface area (Å²) in [5.41, 5.74) is 0.107. The SMILES string of the molecule is COC[C@@H](O)CN(C)C(=O)Nc1ccccc1F. The van der Waals surface area contributed by atoms with Crippen LogP contribution in [-0.2, 0) is 4.74 Å². The average molecular weight is 256 g/mol. The van der Waals surface area contributed by atoms with Crippen LogP contribution in [0.5, 0.6) is 0 Å². The molecule has 0 bridgehead atoms. The van der Waals surface area contributed by atoms with Gasteiger partial charge in [-0.1, -0.05) is 12.1 Å². The van der Waals surface area contributed by atoms with Gasteiger partial charge in [0.25, 0.3) is 0 Å². The third-order valence-electron chi connectivity index (χ3n) is 2.31. The first kappa shape index (κ1) is 14.4. The van der Waals surface area contributed by atoms with E-state index in [1.807, 2.05) is 0 Å². The maximum Gasteiger partial charge on any atom is 0.321 e. The molecule has 1 rings (SSSR count). The Balaban J connectivity index is 2.52. The molecule has 1 aromatic rings. The molecule has 0 aliphatic carbocycles. The number of carbonyl (C=O) groups is 1. The molecule has 1 atom stereocenters. The number of para-hydroxylation sites is 1. The van der Waals surface area contributed by atoms with E-state index >= 15 is 0 Å². The van der Waals surface area contributed by atoms with Crippen LogP contribution in [0.25, 0.3) is 0 Å². The molecule has 0 aromatic heterocycles. The number of rotatable bonds is 5. The van der Waals surface area contributed by atoms with Gasteiger partial charge in [0.2, 0.25) is 0 Å². The summed E-state index contributed by atoms with van der Waals surface area (Å²) in [4.78, 5) is 13.0. The maximum absolute atomic E-state index is 13.3. The van der Waals surface area contributed by atoms with E-state index in [4.69, 9.17) is 4.74 Å². The molecule has 5 nitrogen and oxygen atoms in total. The minimum Gasteiger partial charge on any atom is -0.389 e. The molecule has 0 fully saturated rings. The molecule has 18 heavy (non-hydrogen) atoms. The highest BCUT2D eigenvalue weighted by Gasteiger charge is 2.14. The van der Waals surface area contributed by atoms with Gasteiger partial charge in [-0.25, -0.2) is 9.18 Å².